The number of rotatable bonds is 61. The van der Waals surface area contributed by atoms with Crippen LogP contribution in [0.5, 0.6) is 0 Å². The van der Waals surface area contributed by atoms with Crippen molar-refractivity contribution in [2.24, 2.45) is 0 Å². The summed E-state index contributed by atoms with van der Waals surface area (Å²) in [4.78, 5) is 38.4. The van der Waals surface area contributed by atoms with Crippen LogP contribution in [0.3, 0.4) is 0 Å². The van der Waals surface area contributed by atoms with Crippen LogP contribution in [-0.2, 0) is 28.6 Å². The Hall–Kier alpha value is -3.41. The number of unbranched alkanes of at least 4 members (excludes halogenated alkanes) is 36. The van der Waals surface area contributed by atoms with E-state index in [0.717, 1.165) is 135 Å². The topological polar surface area (TPSA) is 78.9 Å². The predicted molar refractivity (Wildman–Crippen MR) is 339 cm³/mol. The van der Waals surface area contributed by atoms with E-state index in [1.165, 1.54) is 161 Å². The predicted octanol–water partition coefficient (Wildman–Crippen LogP) is 23.1. The Morgan fingerprint density at radius 1 is 0.269 bits per heavy atom. The van der Waals surface area contributed by atoms with Gasteiger partial charge >= 0.3 is 17.9 Å². The molecule has 1 atom stereocenters. The third-order valence-electron chi connectivity index (χ3n) is 14.6. The Morgan fingerprint density at radius 3 is 0.821 bits per heavy atom. The van der Waals surface area contributed by atoms with Crippen LogP contribution in [0, 0.1) is 0 Å². The first kappa shape index (κ1) is 74.6. The molecule has 0 amide bonds. The van der Waals surface area contributed by atoms with E-state index in [0.29, 0.717) is 19.3 Å². The molecule has 0 spiro atoms. The third kappa shape index (κ3) is 63.4. The number of ether oxygens (including phenoxy) is 3. The minimum absolute atomic E-state index is 0.0866. The molecule has 0 N–H and O–H groups in total. The summed E-state index contributed by atoms with van der Waals surface area (Å²) >= 11 is 0. The minimum Gasteiger partial charge on any atom is -0.462 e. The monoisotopic (exact) mass is 1090 g/mol. The third-order valence-corrected chi connectivity index (χ3v) is 14.6. The van der Waals surface area contributed by atoms with Gasteiger partial charge in [0.15, 0.2) is 6.10 Å². The van der Waals surface area contributed by atoms with Gasteiger partial charge in [0, 0.05) is 19.3 Å². The Bertz CT molecular complexity index is 1480. The van der Waals surface area contributed by atoms with Crippen LogP contribution >= 0.6 is 0 Å². The van der Waals surface area contributed by atoms with E-state index in [2.05, 4.69) is 106 Å². The van der Waals surface area contributed by atoms with Gasteiger partial charge < -0.3 is 14.2 Å². The van der Waals surface area contributed by atoms with Gasteiger partial charge in [0.1, 0.15) is 13.2 Å². The molecule has 6 nitrogen and oxygen atoms in total. The van der Waals surface area contributed by atoms with Crippen molar-refractivity contribution < 1.29 is 28.6 Å². The molecule has 1 unspecified atom stereocenters. The van der Waals surface area contributed by atoms with E-state index < -0.39 is 6.10 Å². The van der Waals surface area contributed by atoms with Gasteiger partial charge in [0.05, 0.1) is 0 Å². The van der Waals surface area contributed by atoms with E-state index in [-0.39, 0.29) is 31.1 Å². The lowest BCUT2D eigenvalue weighted by atomic mass is 10.0. The summed E-state index contributed by atoms with van der Waals surface area (Å²) in [5.41, 5.74) is 0. The highest BCUT2D eigenvalue weighted by molar-refractivity contribution is 5.71. The van der Waals surface area contributed by atoms with Gasteiger partial charge in [-0.15, -0.1) is 0 Å². The van der Waals surface area contributed by atoms with Crippen molar-refractivity contribution in [3.05, 3.63) is 85.1 Å². The second-order valence-electron chi connectivity index (χ2n) is 22.4. The van der Waals surface area contributed by atoms with Crippen molar-refractivity contribution in [2.75, 3.05) is 13.2 Å². The fraction of sp³-hybridized carbons (Fsp3) is 0.764. The molecule has 0 aliphatic heterocycles. The molecule has 0 aromatic carbocycles. The Morgan fingerprint density at radius 2 is 0.513 bits per heavy atom. The van der Waals surface area contributed by atoms with E-state index >= 15 is 0 Å². The molecule has 0 heterocycles. The lowest BCUT2D eigenvalue weighted by Gasteiger charge is -2.18. The van der Waals surface area contributed by atoms with Crippen molar-refractivity contribution in [2.45, 2.75) is 341 Å². The van der Waals surface area contributed by atoms with Crippen molar-refractivity contribution >= 4 is 17.9 Å². The first-order valence-electron chi connectivity index (χ1n) is 33.6. The van der Waals surface area contributed by atoms with E-state index in [1.807, 2.05) is 0 Å². The van der Waals surface area contributed by atoms with Crippen LogP contribution in [0.1, 0.15) is 335 Å². The second-order valence-corrected chi connectivity index (χ2v) is 22.4. The molecule has 0 saturated heterocycles. The molecule has 0 bridgehead atoms. The Labute approximate surface area is 484 Å². The van der Waals surface area contributed by atoms with Crippen molar-refractivity contribution in [3.63, 3.8) is 0 Å². The average molecular weight is 1090 g/mol. The van der Waals surface area contributed by atoms with Crippen LogP contribution in [-0.4, -0.2) is 37.2 Å². The zero-order valence-electron chi connectivity index (χ0n) is 51.7. The molecule has 0 rings (SSSR count). The van der Waals surface area contributed by atoms with Crippen LogP contribution in [0.15, 0.2) is 85.1 Å². The Balaban J connectivity index is 4.33. The normalized spacial score (nSPS) is 12.6. The minimum atomic E-state index is -0.794. The standard InChI is InChI=1S/C72H126O6/c1-4-7-10-13-16-19-22-25-28-30-32-34-35-36-37-39-40-42-44-47-50-53-56-59-62-65-71(74)77-68-69(67-76-70(73)64-61-58-55-52-49-46-27-24-21-18-15-12-9-6-3)78-72(75)66-63-60-57-54-51-48-45-43-41-38-33-31-29-26-23-20-17-14-11-8-5-2/h8,11,15,17-18,20,24,26-27,29,33,38,43,45,69H,4-7,9-10,12-14,16,19,21-23,25,28,30-32,34-37,39-42,44,46-68H2,1-3H3/b11-8-,18-15-,20-17-,27-24-,29-26-,38-33-,45-43-. The van der Waals surface area contributed by atoms with Crippen LogP contribution in [0.4, 0.5) is 0 Å². The van der Waals surface area contributed by atoms with Crippen molar-refractivity contribution in [3.8, 4) is 0 Å². The highest BCUT2D eigenvalue weighted by atomic mass is 16.6. The molecular formula is C72H126O6. The summed E-state index contributed by atoms with van der Waals surface area (Å²) in [5.74, 6) is -0.905. The molecule has 0 aliphatic rings. The first-order valence-corrected chi connectivity index (χ1v) is 33.6. The van der Waals surface area contributed by atoms with Gasteiger partial charge in [0.2, 0.25) is 0 Å². The molecule has 0 aromatic rings. The number of esters is 3. The summed E-state index contributed by atoms with van der Waals surface area (Å²) in [7, 11) is 0. The van der Waals surface area contributed by atoms with Crippen molar-refractivity contribution in [1.29, 1.82) is 0 Å². The maximum atomic E-state index is 12.9. The smallest absolute Gasteiger partial charge is 0.306 e. The highest BCUT2D eigenvalue weighted by Crippen LogP contribution is 2.17. The number of hydrogen-bond acceptors (Lipinski definition) is 6. The summed E-state index contributed by atoms with van der Waals surface area (Å²) < 4.78 is 16.9. The van der Waals surface area contributed by atoms with Crippen LogP contribution < -0.4 is 0 Å². The fourth-order valence-corrected chi connectivity index (χ4v) is 9.61. The number of hydrogen-bond donors (Lipinski definition) is 0. The van der Waals surface area contributed by atoms with Gasteiger partial charge in [-0.25, -0.2) is 0 Å². The fourth-order valence-electron chi connectivity index (χ4n) is 9.61. The van der Waals surface area contributed by atoms with E-state index in [9.17, 15) is 14.4 Å². The molecule has 0 radical (unpaired) electrons. The molecule has 0 aliphatic carbocycles. The number of carbonyl (C=O) groups is 3. The average Bonchev–Trinajstić information content (AvgIpc) is 3.44. The lowest BCUT2D eigenvalue weighted by molar-refractivity contribution is -0.167. The maximum absolute atomic E-state index is 12.9. The number of allylic oxidation sites excluding steroid dienone is 14. The zero-order chi connectivity index (χ0) is 56.4. The number of carbonyl (C=O) groups excluding carboxylic acids is 3. The van der Waals surface area contributed by atoms with E-state index in [4.69, 9.17) is 14.2 Å². The molecule has 0 fully saturated rings. The molecule has 450 valence electrons. The van der Waals surface area contributed by atoms with Crippen molar-refractivity contribution in [1.82, 2.24) is 0 Å². The van der Waals surface area contributed by atoms with E-state index in [1.54, 1.807) is 0 Å². The Kier molecular flexibility index (Phi) is 63.2. The lowest BCUT2D eigenvalue weighted by Crippen LogP contribution is -2.30. The summed E-state index contributed by atoms with van der Waals surface area (Å²) in [6.07, 6.45) is 87.4. The summed E-state index contributed by atoms with van der Waals surface area (Å²) in [6, 6.07) is 0. The SMILES string of the molecule is CC/C=C\C/C=C\C/C=C\C/C=C\C/C=C\CCCCCCCC(=O)OC(COC(=O)CCCCCCC/C=C\C/C=C\CCCC)COC(=O)CCCCCCCCCCCCCCCCCCCCCCCCCCC. The second kappa shape index (κ2) is 66.1. The molecule has 0 saturated carbocycles. The quantitative estimate of drug-likeness (QED) is 0.0261. The van der Waals surface area contributed by atoms with Crippen LogP contribution in [0.2, 0.25) is 0 Å². The van der Waals surface area contributed by atoms with Crippen LogP contribution in [0.25, 0.3) is 0 Å². The van der Waals surface area contributed by atoms with Gasteiger partial charge in [0.25, 0.3) is 0 Å². The maximum Gasteiger partial charge on any atom is 0.306 e. The molecule has 0 aromatic heterocycles. The van der Waals surface area contributed by atoms with Gasteiger partial charge in [-0.2, -0.15) is 0 Å². The van der Waals surface area contributed by atoms with Gasteiger partial charge in [-0.3, -0.25) is 14.4 Å². The van der Waals surface area contributed by atoms with Gasteiger partial charge in [-0.1, -0.05) is 311 Å². The summed E-state index contributed by atoms with van der Waals surface area (Å²) in [5, 5.41) is 0. The highest BCUT2D eigenvalue weighted by Gasteiger charge is 2.19. The zero-order valence-corrected chi connectivity index (χ0v) is 51.7. The molecule has 6 heteroatoms. The van der Waals surface area contributed by atoms with Gasteiger partial charge in [-0.05, 0) is 89.9 Å². The largest absolute Gasteiger partial charge is 0.462 e. The first-order chi connectivity index (χ1) is 38.5. The molecule has 78 heavy (non-hydrogen) atoms. The summed E-state index contributed by atoms with van der Waals surface area (Å²) in [6.45, 7) is 6.50. The molecular weight excluding hydrogens is 961 g/mol.